The van der Waals surface area contributed by atoms with Gasteiger partial charge >= 0.3 is 5.97 Å². The first kappa shape index (κ1) is 56.5. The lowest BCUT2D eigenvalue weighted by Gasteiger charge is -2.35. The molecule has 5 amide bonds. The van der Waals surface area contributed by atoms with Crippen LogP contribution < -0.4 is 20.5 Å². The Bertz CT molecular complexity index is 2750. The normalized spacial score (nSPS) is 12.9. The number of amides is 5. The van der Waals surface area contributed by atoms with E-state index < -0.39 is 11.9 Å². The number of benzene rings is 4. The Morgan fingerprint density at radius 3 is 1.39 bits per heavy atom. The second kappa shape index (κ2) is 27.4. The molecule has 2 fully saturated rings. The summed E-state index contributed by atoms with van der Waals surface area (Å²) in [7, 11) is 3.11. The third-order valence-corrected chi connectivity index (χ3v) is 12.4. The number of rotatable bonds is 11. The molecular formula is C49H55Br2ClN10O9. The van der Waals surface area contributed by atoms with Crippen LogP contribution in [0, 0.1) is 0 Å². The summed E-state index contributed by atoms with van der Waals surface area (Å²) in [6.07, 6.45) is 0. The summed E-state index contributed by atoms with van der Waals surface area (Å²) in [5, 5.41) is 24.5. The zero-order valence-electron chi connectivity index (χ0n) is 38.1. The van der Waals surface area contributed by atoms with E-state index >= 15 is 0 Å². The molecule has 0 atom stereocenters. The first-order chi connectivity index (χ1) is 33.3. The van der Waals surface area contributed by atoms with Crippen molar-refractivity contribution in [2.24, 2.45) is 5.73 Å². The Labute approximate surface area is 433 Å². The number of piperazine rings is 2. The smallest absolute Gasteiger partial charge is 0.353 e. The molecule has 0 radical (unpaired) electrons. The molecule has 0 unspecified atom stereocenters. The summed E-state index contributed by atoms with van der Waals surface area (Å²) in [5.41, 5.74) is 9.90. The maximum atomic E-state index is 12.9. The fraction of sp³-hybridized carbons (Fsp3) is 0.265. The topological polar surface area (TPSA) is 249 Å². The van der Waals surface area contributed by atoms with E-state index in [1.807, 2.05) is 60.7 Å². The Hall–Kier alpha value is -7.07. The number of hydrogen-bond acceptors (Lipinski definition) is 11. The van der Waals surface area contributed by atoms with Gasteiger partial charge in [-0.3, -0.25) is 34.2 Å². The van der Waals surface area contributed by atoms with Gasteiger partial charge in [-0.2, -0.15) is 10.2 Å². The van der Waals surface area contributed by atoms with Crippen LogP contribution in [0.5, 0.6) is 11.5 Å². The number of nitrogens with two attached hydrogens (primary N) is 1. The fourth-order valence-electron chi connectivity index (χ4n) is 7.12. The minimum atomic E-state index is -1.00. The van der Waals surface area contributed by atoms with Gasteiger partial charge in [0, 0.05) is 72.4 Å². The zero-order chi connectivity index (χ0) is 49.5. The average molecular weight is 1120 g/mol. The quantitative estimate of drug-likeness (QED) is 0.0989. The predicted octanol–water partition coefficient (Wildman–Crippen LogP) is 6.10. The van der Waals surface area contributed by atoms with Crippen LogP contribution >= 0.6 is 44.3 Å². The summed E-state index contributed by atoms with van der Waals surface area (Å²) >= 11 is 6.80. The lowest BCUT2D eigenvalue weighted by molar-refractivity contribution is -0.132. The van der Waals surface area contributed by atoms with Crippen LogP contribution in [-0.4, -0.2) is 160 Å². The van der Waals surface area contributed by atoms with Gasteiger partial charge < -0.3 is 45.2 Å². The van der Waals surface area contributed by atoms with Crippen LogP contribution in [0.3, 0.4) is 0 Å². The van der Waals surface area contributed by atoms with E-state index in [1.54, 1.807) is 76.3 Å². The highest BCUT2D eigenvalue weighted by Gasteiger charge is 2.28. The summed E-state index contributed by atoms with van der Waals surface area (Å²) < 4.78 is 11.8. The molecule has 2 aliphatic heterocycles. The molecule has 0 bridgehead atoms. The van der Waals surface area contributed by atoms with Gasteiger partial charge in [0.1, 0.15) is 22.9 Å². The van der Waals surface area contributed by atoms with Gasteiger partial charge in [0.25, 0.3) is 17.7 Å². The van der Waals surface area contributed by atoms with E-state index in [4.69, 9.17) is 20.3 Å². The second-order valence-electron chi connectivity index (χ2n) is 15.3. The molecular weight excluding hydrogens is 1070 g/mol. The van der Waals surface area contributed by atoms with Crippen molar-refractivity contribution in [1.82, 2.24) is 45.3 Å². The van der Waals surface area contributed by atoms with Crippen molar-refractivity contribution in [2.75, 3.05) is 79.7 Å². The van der Waals surface area contributed by atoms with Gasteiger partial charge in [-0.25, -0.2) is 4.79 Å². The van der Waals surface area contributed by atoms with Gasteiger partial charge in [-0.05, 0) is 80.4 Å². The number of aromatic amines is 2. The van der Waals surface area contributed by atoms with Crippen LogP contribution in [-0.2, 0) is 9.59 Å². The Balaban J connectivity index is 0.000000252. The minimum absolute atomic E-state index is 0. The van der Waals surface area contributed by atoms with Crippen LogP contribution in [0.25, 0.3) is 22.5 Å². The van der Waals surface area contributed by atoms with Crippen molar-refractivity contribution in [3.63, 3.8) is 0 Å². The minimum Gasteiger partial charge on any atom is -0.497 e. The highest BCUT2D eigenvalue weighted by atomic mass is 79.9. The second-order valence-corrected chi connectivity index (χ2v) is 17.0. The van der Waals surface area contributed by atoms with Crippen molar-refractivity contribution in [2.45, 2.75) is 7.43 Å². The number of ether oxygens (including phenoxy) is 2. The summed E-state index contributed by atoms with van der Waals surface area (Å²) in [6, 6.07) is 32.6. The van der Waals surface area contributed by atoms with Gasteiger partial charge in [-0.15, -0.1) is 12.4 Å². The number of nitrogens with one attached hydrogen (secondary N) is 3. The van der Waals surface area contributed by atoms with E-state index in [0.717, 1.165) is 15.6 Å². The van der Waals surface area contributed by atoms with Gasteiger partial charge in [0.2, 0.25) is 11.8 Å². The standard InChI is InChI=1S/C24H24BrN5O4.C14H18BrN3O3.C10H8N2O2.CH4.ClH/c1-34-17-7-8-19(25)18(13-17)24(33)30-11-9-29(10-12-30)22(31)15-26-23(32)21-14-20(27-28-21)16-5-3-2-4-6-16;1-21-10-2-3-12(15)11(8-10)14(20)18-6-4-17(5-7-18)13(19)9-16;13-10(14)9-6-8(11-12-9)7-4-2-1-3-5-7;;/h2-8,13-14H,9-12,15H2,1H3,(H,26,32)(H,27,28);2-3,8H,4-7,9,16H2,1H3;1-6H,(H,11,12)(H,13,14);1H4;1H. The molecule has 6 aromatic rings. The molecule has 8 rings (SSSR count). The maximum absolute atomic E-state index is 12.9. The third kappa shape index (κ3) is 15.2. The number of carbonyl (C=O) groups excluding carboxylic acids is 5. The summed E-state index contributed by atoms with van der Waals surface area (Å²) in [5.74, 6) is -0.641. The zero-order valence-corrected chi connectivity index (χ0v) is 42.1. The molecule has 376 valence electrons. The molecule has 19 nitrogen and oxygen atoms in total. The Morgan fingerprint density at radius 1 is 0.606 bits per heavy atom. The lowest BCUT2D eigenvalue weighted by Crippen LogP contribution is -2.52. The number of carboxylic acids is 1. The number of methoxy groups -OCH3 is 2. The molecule has 6 N–H and O–H groups in total. The van der Waals surface area contributed by atoms with Crippen molar-refractivity contribution >= 4 is 79.8 Å². The first-order valence-electron chi connectivity index (χ1n) is 21.5. The van der Waals surface area contributed by atoms with E-state index in [0.29, 0.717) is 90.8 Å². The highest BCUT2D eigenvalue weighted by molar-refractivity contribution is 9.10. The third-order valence-electron chi connectivity index (χ3n) is 11.0. The summed E-state index contributed by atoms with van der Waals surface area (Å²) in [6.45, 7) is 3.53. The van der Waals surface area contributed by atoms with Gasteiger partial charge in [-0.1, -0.05) is 68.1 Å². The molecule has 2 saturated heterocycles. The lowest BCUT2D eigenvalue weighted by atomic mass is 10.1. The maximum Gasteiger partial charge on any atom is 0.353 e. The van der Waals surface area contributed by atoms with Crippen molar-refractivity contribution < 1.29 is 43.3 Å². The van der Waals surface area contributed by atoms with E-state index in [9.17, 15) is 28.8 Å². The number of halogens is 3. The number of carbonyl (C=O) groups is 6. The van der Waals surface area contributed by atoms with E-state index in [1.165, 1.54) is 6.07 Å². The van der Waals surface area contributed by atoms with Gasteiger partial charge in [0.05, 0.1) is 49.8 Å². The number of hydrogen-bond donors (Lipinski definition) is 5. The average Bonchev–Trinajstić information content (AvgIpc) is 4.11. The molecule has 71 heavy (non-hydrogen) atoms. The van der Waals surface area contributed by atoms with Gasteiger partial charge in [0.15, 0.2) is 0 Å². The number of aromatic nitrogens is 4. The van der Waals surface area contributed by atoms with E-state index in [2.05, 4.69) is 57.6 Å². The molecule has 22 heteroatoms. The number of aromatic carboxylic acids is 1. The van der Waals surface area contributed by atoms with Crippen LogP contribution in [0.2, 0.25) is 0 Å². The monoisotopic (exact) mass is 1120 g/mol. The SMILES string of the molecule is C.COc1ccc(Br)c(C(=O)N2CCN(C(=O)CN)CC2)c1.COc1ccc(Br)c(C(=O)N2CCN(C(=O)CNC(=O)c3cc(-c4ccccc4)n[nH]3)CC2)c1.Cl.O=C(O)c1cc(-c2ccccc2)n[nH]1. The predicted molar refractivity (Wildman–Crippen MR) is 277 cm³/mol. The van der Waals surface area contributed by atoms with Crippen molar-refractivity contribution in [1.29, 1.82) is 0 Å². The molecule has 0 saturated carbocycles. The Kier molecular flexibility index (Phi) is 21.8. The molecule has 4 heterocycles. The number of carboxylic acid groups (broad SMARTS) is 1. The van der Waals surface area contributed by atoms with Crippen molar-refractivity contribution in [3.05, 3.63) is 141 Å². The van der Waals surface area contributed by atoms with Crippen LogP contribution in [0.4, 0.5) is 0 Å². The van der Waals surface area contributed by atoms with Crippen molar-refractivity contribution in [3.8, 4) is 34.0 Å². The molecule has 0 aliphatic carbocycles. The van der Waals surface area contributed by atoms with Crippen LogP contribution in [0.1, 0.15) is 49.1 Å². The van der Waals surface area contributed by atoms with Crippen LogP contribution in [0.15, 0.2) is 118 Å². The number of nitrogens with zero attached hydrogens (tertiary/aromatic N) is 6. The largest absolute Gasteiger partial charge is 0.497 e. The Morgan fingerprint density at radius 2 is 1.00 bits per heavy atom. The summed E-state index contributed by atoms with van der Waals surface area (Å²) in [4.78, 5) is 79.4. The first-order valence-corrected chi connectivity index (χ1v) is 23.1. The molecule has 2 aromatic heterocycles. The molecule has 4 aromatic carbocycles. The van der Waals surface area contributed by atoms with E-state index in [-0.39, 0.29) is 67.9 Å². The molecule has 0 spiro atoms. The highest BCUT2D eigenvalue weighted by Crippen LogP contribution is 2.26. The number of H-pyrrole nitrogens is 2. The fourth-order valence-corrected chi connectivity index (χ4v) is 7.96. The molecule has 2 aliphatic rings.